The SMILES string of the molecule is CC(C)C(NC(=O)CCC(=O)Oc1ccc2c3c1O[C@H]1C(=O)CCC4[C@@H](C2)N(C)CC[C@@]341)C(=O)O. The lowest BCUT2D eigenvalue weighted by atomic mass is 9.52. The van der Waals surface area contributed by atoms with Crippen molar-refractivity contribution >= 4 is 23.6 Å². The number of likely N-dealkylation sites (N-methyl/N-ethyl adjacent to an activating group) is 1. The van der Waals surface area contributed by atoms with Gasteiger partial charge in [-0.1, -0.05) is 19.9 Å². The molecule has 0 aromatic heterocycles. The number of ketones is 1. The quantitative estimate of drug-likeness (QED) is 0.444. The van der Waals surface area contributed by atoms with Crippen LogP contribution < -0.4 is 14.8 Å². The Morgan fingerprint density at radius 2 is 2.06 bits per heavy atom. The Morgan fingerprint density at radius 1 is 1.29 bits per heavy atom. The molecule has 1 aromatic carbocycles. The number of benzene rings is 1. The van der Waals surface area contributed by atoms with E-state index in [4.69, 9.17) is 9.47 Å². The van der Waals surface area contributed by atoms with Gasteiger partial charge in [-0.15, -0.1) is 0 Å². The van der Waals surface area contributed by atoms with Gasteiger partial charge in [-0.25, -0.2) is 4.79 Å². The van der Waals surface area contributed by atoms with Crippen molar-refractivity contribution in [3.63, 3.8) is 0 Å². The van der Waals surface area contributed by atoms with Crippen LogP contribution >= 0.6 is 0 Å². The van der Waals surface area contributed by atoms with Crippen molar-refractivity contribution in [1.29, 1.82) is 0 Å². The first-order valence-electron chi connectivity index (χ1n) is 12.4. The fraction of sp³-hybridized carbons (Fsp3) is 0.615. The van der Waals surface area contributed by atoms with Gasteiger partial charge in [0, 0.05) is 29.9 Å². The monoisotopic (exact) mass is 484 g/mol. The number of carboxylic acid groups (broad SMARTS) is 1. The van der Waals surface area contributed by atoms with Crippen molar-refractivity contribution in [2.45, 2.75) is 76.0 Å². The van der Waals surface area contributed by atoms with Crippen LogP contribution in [-0.4, -0.2) is 65.4 Å². The van der Waals surface area contributed by atoms with Crippen molar-refractivity contribution in [3.8, 4) is 11.5 Å². The predicted molar refractivity (Wildman–Crippen MR) is 124 cm³/mol. The molecule has 9 heteroatoms. The highest BCUT2D eigenvalue weighted by atomic mass is 16.6. The Bertz CT molecular complexity index is 1100. The summed E-state index contributed by atoms with van der Waals surface area (Å²) in [4.78, 5) is 51.5. The van der Waals surface area contributed by atoms with E-state index < -0.39 is 30.0 Å². The summed E-state index contributed by atoms with van der Waals surface area (Å²) in [6, 6.07) is 3.05. The minimum absolute atomic E-state index is 0.112. The molecule has 5 atom stereocenters. The third-order valence-corrected chi connectivity index (χ3v) is 8.40. The summed E-state index contributed by atoms with van der Waals surface area (Å²) in [5.41, 5.74) is 1.83. The van der Waals surface area contributed by atoms with Crippen molar-refractivity contribution in [1.82, 2.24) is 10.2 Å². The van der Waals surface area contributed by atoms with Crippen molar-refractivity contribution in [2.75, 3.05) is 13.6 Å². The van der Waals surface area contributed by atoms with Crippen LogP contribution in [0.4, 0.5) is 0 Å². The molecular weight excluding hydrogens is 452 g/mol. The zero-order valence-electron chi connectivity index (χ0n) is 20.3. The third-order valence-electron chi connectivity index (χ3n) is 8.40. The van der Waals surface area contributed by atoms with Crippen molar-refractivity contribution in [2.24, 2.45) is 11.8 Å². The van der Waals surface area contributed by atoms with Gasteiger partial charge in [0.15, 0.2) is 23.4 Å². The Hall–Kier alpha value is -2.94. The molecule has 2 fully saturated rings. The molecule has 2 aliphatic carbocycles. The maximum absolute atomic E-state index is 13.0. The lowest BCUT2D eigenvalue weighted by Crippen LogP contribution is -2.65. The average molecular weight is 485 g/mol. The number of piperidine rings is 1. The van der Waals surface area contributed by atoms with Crippen molar-refractivity contribution < 1.29 is 33.8 Å². The number of Topliss-reactive ketones (excluding diaryl/α,β-unsaturated/α-hetero) is 1. The Kier molecular flexibility index (Phi) is 5.86. The summed E-state index contributed by atoms with van der Waals surface area (Å²) in [6.07, 6.45) is 2.14. The number of nitrogens with zero attached hydrogens (tertiary/aromatic N) is 1. The summed E-state index contributed by atoms with van der Waals surface area (Å²) >= 11 is 0. The molecule has 1 saturated heterocycles. The molecule has 188 valence electrons. The molecule has 2 aliphatic heterocycles. The molecule has 1 aromatic rings. The number of amides is 1. The largest absolute Gasteiger partial charge is 0.480 e. The molecular formula is C26H32N2O7. The highest BCUT2D eigenvalue weighted by molar-refractivity contribution is 5.90. The Balaban J connectivity index is 1.34. The van der Waals surface area contributed by atoms with Crippen LogP contribution in [0.1, 0.15) is 57.1 Å². The lowest BCUT2D eigenvalue weighted by molar-refractivity contribution is -0.143. The van der Waals surface area contributed by atoms with E-state index in [-0.39, 0.29) is 35.7 Å². The maximum atomic E-state index is 13.0. The Morgan fingerprint density at radius 3 is 2.77 bits per heavy atom. The van der Waals surface area contributed by atoms with E-state index in [0.29, 0.717) is 24.1 Å². The number of nitrogens with one attached hydrogen (secondary N) is 1. The molecule has 2 N–H and O–H groups in total. The molecule has 2 bridgehead atoms. The molecule has 2 heterocycles. The fourth-order valence-electron chi connectivity index (χ4n) is 6.74. The lowest BCUT2D eigenvalue weighted by Gasteiger charge is -2.57. The normalized spacial score (nSPS) is 29.3. The maximum Gasteiger partial charge on any atom is 0.326 e. The third kappa shape index (κ3) is 3.71. The predicted octanol–water partition coefficient (Wildman–Crippen LogP) is 1.84. The number of carbonyl (C=O) groups excluding carboxylic acids is 3. The Labute approximate surface area is 204 Å². The van der Waals surface area contributed by atoms with Gasteiger partial charge in [0.2, 0.25) is 5.91 Å². The molecule has 5 rings (SSSR count). The van der Waals surface area contributed by atoms with Crippen LogP contribution in [-0.2, 0) is 31.0 Å². The van der Waals surface area contributed by atoms with E-state index in [9.17, 15) is 24.3 Å². The summed E-state index contributed by atoms with van der Waals surface area (Å²) in [5, 5.41) is 11.7. The van der Waals surface area contributed by atoms with Gasteiger partial charge in [-0.2, -0.15) is 0 Å². The minimum atomic E-state index is -1.12. The number of ether oxygens (including phenoxy) is 2. The second-order valence-corrected chi connectivity index (χ2v) is 10.7. The first kappa shape index (κ1) is 23.8. The van der Waals surface area contributed by atoms with Crippen molar-refractivity contribution in [3.05, 3.63) is 23.3 Å². The molecule has 1 spiro atoms. The summed E-state index contributed by atoms with van der Waals surface area (Å²) < 4.78 is 11.9. The van der Waals surface area contributed by atoms with E-state index in [1.807, 2.05) is 6.07 Å². The molecule has 2 unspecified atom stereocenters. The molecule has 4 aliphatic rings. The minimum Gasteiger partial charge on any atom is -0.480 e. The average Bonchev–Trinajstić information content (AvgIpc) is 3.16. The second-order valence-electron chi connectivity index (χ2n) is 10.7. The molecule has 35 heavy (non-hydrogen) atoms. The fourth-order valence-corrected chi connectivity index (χ4v) is 6.74. The first-order valence-corrected chi connectivity index (χ1v) is 12.4. The molecule has 0 radical (unpaired) electrons. The number of esters is 1. The zero-order chi connectivity index (χ0) is 25.1. The van der Waals surface area contributed by atoms with Gasteiger partial charge in [0.25, 0.3) is 0 Å². The zero-order valence-corrected chi connectivity index (χ0v) is 20.3. The van der Waals surface area contributed by atoms with Gasteiger partial charge < -0.3 is 24.8 Å². The van der Waals surface area contributed by atoms with Gasteiger partial charge in [0.1, 0.15) is 6.04 Å². The van der Waals surface area contributed by atoms with Gasteiger partial charge in [-0.3, -0.25) is 14.4 Å². The topological polar surface area (TPSA) is 122 Å². The van der Waals surface area contributed by atoms with Crippen LogP contribution in [0.2, 0.25) is 0 Å². The molecule has 9 nitrogen and oxygen atoms in total. The summed E-state index contributed by atoms with van der Waals surface area (Å²) in [7, 11) is 2.15. The van der Waals surface area contributed by atoms with Gasteiger partial charge >= 0.3 is 11.9 Å². The first-order chi connectivity index (χ1) is 16.6. The van der Waals surface area contributed by atoms with Gasteiger partial charge in [-0.05, 0) is 56.3 Å². The number of carbonyl (C=O) groups is 4. The number of likely N-dealkylation sites (tertiary alicyclic amines) is 1. The molecule has 1 amide bonds. The van der Waals surface area contributed by atoms with E-state index >= 15 is 0 Å². The van der Waals surface area contributed by atoms with E-state index in [1.54, 1.807) is 19.9 Å². The van der Waals surface area contributed by atoms with Crippen LogP contribution in [0.25, 0.3) is 0 Å². The summed E-state index contributed by atoms with van der Waals surface area (Å²) in [5.74, 6) is -1.31. The van der Waals surface area contributed by atoms with Crippen LogP contribution in [0, 0.1) is 11.8 Å². The van der Waals surface area contributed by atoms with E-state index in [0.717, 1.165) is 36.9 Å². The second kappa shape index (κ2) is 8.62. The van der Waals surface area contributed by atoms with Gasteiger partial charge in [0.05, 0.1) is 6.42 Å². The van der Waals surface area contributed by atoms with Crippen LogP contribution in [0.5, 0.6) is 11.5 Å². The number of hydrogen-bond acceptors (Lipinski definition) is 7. The number of carboxylic acids is 1. The highest BCUT2D eigenvalue weighted by Crippen LogP contribution is 2.63. The number of hydrogen-bond donors (Lipinski definition) is 2. The standard InChI is InChI=1S/C26H32N2O7/c1-13(2)22(25(32)33)27-19(30)8-9-20(31)34-18-7-4-14-12-16-15-5-6-17(29)24-26(15,10-11-28(16)3)21(14)23(18)35-24/h4,7,13,15-16,22,24H,5-6,8-12H2,1-3H3,(H,27,30)(H,32,33)/t15?,16-,22?,24+,26+/m1/s1. The van der Waals surface area contributed by atoms with E-state index in [2.05, 4.69) is 17.3 Å². The highest BCUT2D eigenvalue weighted by Gasteiger charge is 2.65. The van der Waals surface area contributed by atoms with Crippen LogP contribution in [0.15, 0.2) is 12.1 Å². The van der Waals surface area contributed by atoms with E-state index in [1.165, 1.54) is 0 Å². The molecule has 1 saturated carbocycles. The number of rotatable bonds is 7. The summed E-state index contributed by atoms with van der Waals surface area (Å²) in [6.45, 7) is 4.29. The smallest absolute Gasteiger partial charge is 0.326 e. The number of aliphatic carboxylic acids is 1. The van der Waals surface area contributed by atoms with Crippen LogP contribution in [0.3, 0.4) is 0 Å².